The van der Waals surface area contributed by atoms with Crippen molar-refractivity contribution in [2.45, 2.75) is 0 Å². The van der Waals surface area contributed by atoms with E-state index in [4.69, 9.17) is 42.0 Å². The van der Waals surface area contributed by atoms with Crippen LogP contribution in [0.5, 0.6) is 0 Å². The first-order chi connectivity index (χ1) is 5.46. The van der Waals surface area contributed by atoms with E-state index in [0.717, 1.165) is 0 Å². The third-order valence-electron chi connectivity index (χ3n) is 0. The molecule has 0 heterocycles. The normalized spacial score (nSPS) is 7.27. The molecule has 0 aliphatic rings. The summed E-state index contributed by atoms with van der Waals surface area (Å²) < 4.78 is 59.9. The Kier molecular flexibility index (Phi) is 36.8. The zero-order valence-electron chi connectivity index (χ0n) is 6.58. The van der Waals surface area contributed by atoms with E-state index in [0.29, 0.717) is 0 Å². The van der Waals surface area contributed by atoms with E-state index in [1.54, 1.807) is 0 Å². The van der Waals surface area contributed by atoms with Crippen LogP contribution in [0.15, 0.2) is 0 Å². The predicted octanol–water partition coefficient (Wildman–Crippen LogP) is -6.07. The Labute approximate surface area is 125 Å². The summed E-state index contributed by atoms with van der Waals surface area (Å²) in [6.07, 6.45) is 0. The van der Waals surface area contributed by atoms with Crippen molar-refractivity contribution in [3.8, 4) is 0 Å². The third kappa shape index (κ3) is 847. The maximum atomic E-state index is 8.56. The number of rotatable bonds is 0. The quantitative estimate of drug-likeness (QED) is 0.200. The molecule has 0 atom stereocenters. The van der Waals surface area contributed by atoms with Crippen molar-refractivity contribution >= 4 is 34.0 Å². The molecule has 0 fully saturated rings. The molecular weight excluding hydrogens is 567 g/mol. The monoisotopic (exact) mass is 566 g/mol. The van der Waals surface area contributed by atoms with Crippen LogP contribution in [0, 0.1) is 0 Å². The molecular formula is BiO10PV2Zn. The molecule has 0 rings (SSSR count). The van der Waals surface area contributed by atoms with Crippen molar-refractivity contribution in [1.29, 1.82) is 0 Å². The Balaban J connectivity index is -0.0000000315. The van der Waals surface area contributed by atoms with E-state index >= 15 is 0 Å². The fraction of sp³-hybridized carbons (Fsp3) is 0. The molecule has 0 spiro atoms. The van der Waals surface area contributed by atoms with Gasteiger partial charge in [0.1, 0.15) is 0 Å². The van der Waals surface area contributed by atoms with Crippen molar-refractivity contribution < 1.29 is 92.3 Å². The summed E-state index contributed by atoms with van der Waals surface area (Å²) in [5, 5.41) is 0. The average molecular weight is 567 g/mol. The molecule has 0 aliphatic heterocycles. The average Bonchev–Trinajstić information content (AvgIpc) is 1.50. The van der Waals surface area contributed by atoms with Crippen LogP contribution in [0.4, 0.5) is 0 Å². The van der Waals surface area contributed by atoms with Gasteiger partial charge in [-0.15, -0.1) is 0 Å². The molecule has 0 aromatic carbocycles. The Morgan fingerprint density at radius 3 is 0.800 bits per heavy atom. The molecule has 15 heteroatoms. The maximum Gasteiger partial charge on any atom is 2.00 e. The van der Waals surface area contributed by atoms with Crippen LogP contribution in [-0.2, 0) is 69.5 Å². The fourth-order valence-electron chi connectivity index (χ4n) is 0. The van der Waals surface area contributed by atoms with Crippen LogP contribution in [0.2, 0.25) is 0 Å². The Morgan fingerprint density at radius 1 is 0.800 bits per heavy atom. The molecule has 2 radical (unpaired) electrons. The van der Waals surface area contributed by atoms with Gasteiger partial charge in [-0.05, 0) is 0 Å². The van der Waals surface area contributed by atoms with Crippen LogP contribution < -0.4 is 22.7 Å². The van der Waals surface area contributed by atoms with Crippen LogP contribution >= 0.6 is 7.82 Å². The Morgan fingerprint density at radius 2 is 0.800 bits per heavy atom. The van der Waals surface area contributed by atoms with Gasteiger partial charge in [0.05, 0.1) is 0 Å². The summed E-state index contributed by atoms with van der Waals surface area (Å²) in [6.45, 7) is 0. The summed E-state index contributed by atoms with van der Waals surface area (Å²) in [6, 6.07) is 0. The van der Waals surface area contributed by atoms with E-state index in [-0.39, 0.29) is 45.7 Å². The minimum Gasteiger partial charge on any atom is 2.00 e. The zero-order valence-corrected chi connectivity index (χ0v) is 16.7. The predicted molar refractivity (Wildman–Crippen MR) is 16.1 cm³/mol. The topological polar surface area (TPSA) is 201 Å². The minimum absolute atomic E-state index is 0. The van der Waals surface area contributed by atoms with Gasteiger partial charge in [0.15, 0.2) is 0 Å². The fourth-order valence-corrected chi connectivity index (χ4v) is 0. The summed E-state index contributed by atoms with van der Waals surface area (Å²) >= 11 is -7.88. The van der Waals surface area contributed by atoms with Gasteiger partial charge in [0.2, 0.25) is 0 Å². The van der Waals surface area contributed by atoms with Gasteiger partial charge >= 0.3 is 99.2 Å². The first-order valence-electron chi connectivity index (χ1n) is 1.83. The van der Waals surface area contributed by atoms with Gasteiger partial charge in [-0.25, -0.2) is 0 Å². The third-order valence-corrected chi connectivity index (χ3v) is 0. The Hall–Kier alpha value is 1.91. The molecule has 10 nitrogen and oxygen atoms in total. The van der Waals surface area contributed by atoms with Gasteiger partial charge in [-0.1, -0.05) is 0 Å². The Bertz CT molecular complexity index is 242. The van der Waals surface area contributed by atoms with Crippen LogP contribution in [0.1, 0.15) is 0 Å². The first-order valence-corrected chi connectivity index (χ1v) is 6.71. The van der Waals surface area contributed by atoms with Crippen LogP contribution in [0.25, 0.3) is 0 Å². The van der Waals surface area contributed by atoms with E-state index in [2.05, 4.69) is 0 Å². The van der Waals surface area contributed by atoms with Gasteiger partial charge in [0, 0.05) is 0 Å². The number of hydrogen-bond acceptors (Lipinski definition) is 10. The van der Waals surface area contributed by atoms with Crippen molar-refractivity contribution in [1.82, 2.24) is 0 Å². The second-order valence-electron chi connectivity index (χ2n) is 0.894. The molecule has 0 aromatic heterocycles. The molecule has 15 heavy (non-hydrogen) atoms. The molecule has 0 saturated heterocycles. The number of hydrogen-bond donors (Lipinski definition) is 0. The van der Waals surface area contributed by atoms with Gasteiger partial charge in [-0.2, -0.15) is 7.82 Å². The molecule has 0 saturated carbocycles. The summed E-state index contributed by atoms with van der Waals surface area (Å²) in [5.74, 6) is 0. The van der Waals surface area contributed by atoms with Crippen molar-refractivity contribution in [2.75, 3.05) is 0 Å². The van der Waals surface area contributed by atoms with Gasteiger partial charge in [-0.3, -0.25) is 0 Å². The molecule has 82 valence electrons. The smallest absolute Gasteiger partial charge is 2.00 e. The second kappa shape index (κ2) is 18.3. The van der Waals surface area contributed by atoms with E-state index in [1.807, 2.05) is 0 Å². The van der Waals surface area contributed by atoms with E-state index in [9.17, 15) is 0 Å². The molecule has 0 aliphatic carbocycles. The van der Waals surface area contributed by atoms with Gasteiger partial charge < -0.3 is 19.2 Å². The SMILES string of the molecule is O=P([O-])([O-])[O-].[Bi+3].[O]=[V](=[O])[O-].[O]=[V](=[O])[O-].[Zn+2]. The van der Waals surface area contributed by atoms with E-state index < -0.39 is 38.6 Å². The van der Waals surface area contributed by atoms with Crippen LogP contribution in [-0.4, -0.2) is 26.2 Å². The standard InChI is InChI=1S/Bi.H3O4P.6O.2V.Zn/c;1-5(2,3)4;;;;;;;;;/h;(H3,1,2,3,4);;;;;;;;;/q+3;;;;;;2*-1;;;+2/p-3. The van der Waals surface area contributed by atoms with Crippen molar-refractivity contribution in [2.24, 2.45) is 0 Å². The van der Waals surface area contributed by atoms with Crippen LogP contribution in [0.3, 0.4) is 0 Å². The summed E-state index contributed by atoms with van der Waals surface area (Å²) in [7, 11) is -5.39. The van der Waals surface area contributed by atoms with Gasteiger partial charge in [0.25, 0.3) is 0 Å². The molecule has 0 bridgehead atoms. The minimum atomic E-state index is -5.39. The van der Waals surface area contributed by atoms with Crippen molar-refractivity contribution in [3.63, 3.8) is 0 Å². The van der Waals surface area contributed by atoms with Crippen molar-refractivity contribution in [3.05, 3.63) is 0 Å². The first kappa shape index (κ1) is 30.2. The number of phosphoric acid groups is 1. The summed E-state index contributed by atoms with van der Waals surface area (Å²) in [4.78, 5) is 25.6. The largest absolute Gasteiger partial charge is 2.00 e. The molecule has 0 N–H and O–H groups in total. The molecule has 0 aromatic rings. The zero-order chi connectivity index (χ0) is 11.7. The molecule has 0 unspecified atom stereocenters. The summed E-state index contributed by atoms with van der Waals surface area (Å²) in [5.41, 5.74) is 0. The molecule has 0 amide bonds. The maximum absolute atomic E-state index is 8.56. The van der Waals surface area contributed by atoms with E-state index in [1.165, 1.54) is 0 Å². The second-order valence-corrected chi connectivity index (χ2v) is 3.19.